The van der Waals surface area contributed by atoms with Gasteiger partial charge in [0.1, 0.15) is 5.82 Å². The number of hydrogen-bond donors (Lipinski definition) is 2. The van der Waals surface area contributed by atoms with E-state index in [1.807, 2.05) is 37.4 Å². The van der Waals surface area contributed by atoms with Gasteiger partial charge in [0.25, 0.3) is 0 Å². The molecule has 0 amide bonds. The third-order valence-corrected chi connectivity index (χ3v) is 4.04. The standard InChI is InChI=1S/C17H21IN6O/c1-24-16-14(12-20-24)15(21-13-6-3-2-4-7-13)22-17(23-16)19-9-5-10-25-11-8-18/h2-4,6-7,12H,5,8-11H2,1H3,(H2,19,21,22,23). The number of fused-ring (bicyclic) bond motifs is 1. The van der Waals surface area contributed by atoms with E-state index in [1.54, 1.807) is 10.9 Å². The highest BCUT2D eigenvalue weighted by Gasteiger charge is 2.11. The minimum Gasteiger partial charge on any atom is -0.381 e. The van der Waals surface area contributed by atoms with Crippen molar-refractivity contribution in [2.24, 2.45) is 7.05 Å². The number of alkyl halides is 1. The Morgan fingerprint density at radius 3 is 2.80 bits per heavy atom. The summed E-state index contributed by atoms with van der Waals surface area (Å²) in [4.78, 5) is 9.18. The minimum absolute atomic E-state index is 0.587. The third-order valence-electron chi connectivity index (χ3n) is 3.60. The van der Waals surface area contributed by atoms with E-state index >= 15 is 0 Å². The van der Waals surface area contributed by atoms with Gasteiger partial charge >= 0.3 is 0 Å². The summed E-state index contributed by atoms with van der Waals surface area (Å²) in [5.41, 5.74) is 1.77. The summed E-state index contributed by atoms with van der Waals surface area (Å²) >= 11 is 2.30. The fraction of sp³-hybridized carbons (Fsp3) is 0.353. The van der Waals surface area contributed by atoms with E-state index in [0.717, 1.165) is 53.1 Å². The summed E-state index contributed by atoms with van der Waals surface area (Å²) in [5, 5.41) is 11.8. The van der Waals surface area contributed by atoms with Gasteiger partial charge in [-0.3, -0.25) is 4.68 Å². The van der Waals surface area contributed by atoms with E-state index in [0.29, 0.717) is 5.95 Å². The summed E-state index contributed by atoms with van der Waals surface area (Å²) < 4.78 is 8.25. The van der Waals surface area contributed by atoms with Crippen molar-refractivity contribution in [1.29, 1.82) is 0 Å². The van der Waals surface area contributed by atoms with Crippen LogP contribution in [0.3, 0.4) is 0 Å². The minimum atomic E-state index is 0.587. The van der Waals surface area contributed by atoms with Gasteiger partial charge < -0.3 is 15.4 Å². The first-order valence-corrected chi connectivity index (χ1v) is 9.70. The molecule has 2 aromatic heterocycles. The molecular formula is C17H21IN6O. The Kier molecular flexibility index (Phi) is 6.40. The highest BCUT2D eigenvalue weighted by molar-refractivity contribution is 14.1. The van der Waals surface area contributed by atoms with Crippen molar-refractivity contribution in [1.82, 2.24) is 19.7 Å². The summed E-state index contributed by atoms with van der Waals surface area (Å²) in [7, 11) is 1.88. The molecule has 0 spiro atoms. The van der Waals surface area contributed by atoms with Gasteiger partial charge in [-0.25, -0.2) is 0 Å². The summed E-state index contributed by atoms with van der Waals surface area (Å²) in [6.45, 7) is 2.29. The monoisotopic (exact) mass is 452 g/mol. The van der Waals surface area contributed by atoms with Crippen molar-refractivity contribution < 1.29 is 4.74 Å². The van der Waals surface area contributed by atoms with Crippen LogP contribution in [0.2, 0.25) is 0 Å². The molecule has 0 radical (unpaired) electrons. The smallest absolute Gasteiger partial charge is 0.226 e. The molecule has 8 heteroatoms. The third kappa shape index (κ3) is 4.79. The number of nitrogens with zero attached hydrogens (tertiary/aromatic N) is 4. The van der Waals surface area contributed by atoms with Gasteiger partial charge in [-0.05, 0) is 18.6 Å². The Morgan fingerprint density at radius 2 is 2.00 bits per heavy atom. The largest absolute Gasteiger partial charge is 0.381 e. The Morgan fingerprint density at radius 1 is 1.16 bits per heavy atom. The molecule has 25 heavy (non-hydrogen) atoms. The molecular weight excluding hydrogens is 431 g/mol. The average Bonchev–Trinajstić information content (AvgIpc) is 3.00. The molecule has 0 saturated carbocycles. The number of ether oxygens (including phenoxy) is 1. The van der Waals surface area contributed by atoms with E-state index in [1.165, 1.54) is 0 Å². The fourth-order valence-electron chi connectivity index (χ4n) is 2.39. The number of hydrogen-bond acceptors (Lipinski definition) is 6. The second kappa shape index (κ2) is 8.95. The number of aryl methyl sites for hydroxylation is 1. The number of anilines is 3. The zero-order chi connectivity index (χ0) is 17.5. The van der Waals surface area contributed by atoms with Gasteiger partial charge in [0, 0.05) is 30.3 Å². The second-order valence-electron chi connectivity index (χ2n) is 5.47. The maximum absolute atomic E-state index is 5.49. The molecule has 2 N–H and O–H groups in total. The maximum atomic E-state index is 5.49. The van der Waals surface area contributed by atoms with Gasteiger partial charge in [0.05, 0.1) is 18.2 Å². The molecule has 0 aliphatic carbocycles. The first-order chi connectivity index (χ1) is 12.3. The van der Waals surface area contributed by atoms with Gasteiger partial charge in [-0.1, -0.05) is 40.8 Å². The number of rotatable bonds is 9. The van der Waals surface area contributed by atoms with E-state index in [2.05, 4.69) is 48.3 Å². The van der Waals surface area contributed by atoms with Crippen LogP contribution in [0.1, 0.15) is 6.42 Å². The van der Waals surface area contributed by atoms with Gasteiger partial charge in [0.2, 0.25) is 5.95 Å². The lowest BCUT2D eigenvalue weighted by Gasteiger charge is -2.10. The van der Waals surface area contributed by atoms with Crippen LogP contribution in [0.4, 0.5) is 17.5 Å². The van der Waals surface area contributed by atoms with Crippen LogP contribution in [0, 0.1) is 0 Å². The molecule has 0 aliphatic rings. The van der Waals surface area contributed by atoms with Crippen LogP contribution in [-0.4, -0.2) is 43.9 Å². The molecule has 1 aromatic carbocycles. The summed E-state index contributed by atoms with van der Waals surface area (Å²) in [6.07, 6.45) is 2.69. The van der Waals surface area contributed by atoms with E-state index in [-0.39, 0.29) is 0 Å². The molecule has 0 saturated heterocycles. The highest BCUT2D eigenvalue weighted by Crippen LogP contribution is 2.24. The zero-order valence-corrected chi connectivity index (χ0v) is 16.2. The quantitative estimate of drug-likeness (QED) is 0.295. The molecule has 0 unspecified atom stereocenters. The number of nitrogens with one attached hydrogen (secondary N) is 2. The molecule has 3 rings (SSSR count). The van der Waals surface area contributed by atoms with Crippen LogP contribution >= 0.6 is 22.6 Å². The van der Waals surface area contributed by atoms with Gasteiger partial charge in [0.15, 0.2) is 5.65 Å². The summed E-state index contributed by atoms with van der Waals surface area (Å²) in [6, 6.07) is 9.96. The average molecular weight is 452 g/mol. The predicted molar refractivity (Wildman–Crippen MR) is 109 cm³/mol. The second-order valence-corrected chi connectivity index (χ2v) is 6.55. The Hall–Kier alpha value is -1.94. The van der Waals surface area contributed by atoms with Crippen molar-refractivity contribution in [3.63, 3.8) is 0 Å². The number of benzene rings is 1. The molecule has 0 aliphatic heterocycles. The molecule has 0 bridgehead atoms. The number of aromatic nitrogens is 4. The zero-order valence-electron chi connectivity index (χ0n) is 14.1. The van der Waals surface area contributed by atoms with E-state index < -0.39 is 0 Å². The first kappa shape index (κ1) is 17.9. The summed E-state index contributed by atoms with van der Waals surface area (Å²) in [5.74, 6) is 1.33. The van der Waals surface area contributed by atoms with E-state index in [4.69, 9.17) is 4.74 Å². The van der Waals surface area contributed by atoms with Crippen molar-refractivity contribution in [2.45, 2.75) is 6.42 Å². The number of halogens is 1. The SMILES string of the molecule is Cn1ncc2c(Nc3ccccc3)nc(NCCCOCCI)nc21. The molecule has 3 aromatic rings. The van der Waals surface area contributed by atoms with Gasteiger partial charge in [-0.15, -0.1) is 0 Å². The maximum Gasteiger partial charge on any atom is 0.226 e. The molecule has 0 atom stereocenters. The molecule has 132 valence electrons. The van der Waals surface area contributed by atoms with Crippen LogP contribution in [0.25, 0.3) is 11.0 Å². The lowest BCUT2D eigenvalue weighted by molar-refractivity contribution is 0.151. The van der Waals surface area contributed by atoms with Crippen LogP contribution in [-0.2, 0) is 11.8 Å². The Balaban J connectivity index is 1.74. The van der Waals surface area contributed by atoms with Crippen molar-refractivity contribution >= 4 is 51.1 Å². The molecule has 2 heterocycles. The predicted octanol–water partition coefficient (Wildman–Crippen LogP) is 3.36. The normalized spacial score (nSPS) is 11.0. The van der Waals surface area contributed by atoms with Crippen LogP contribution in [0.5, 0.6) is 0 Å². The molecule has 0 fully saturated rings. The van der Waals surface area contributed by atoms with Crippen LogP contribution in [0.15, 0.2) is 36.5 Å². The Bertz CT molecular complexity index is 808. The fourth-order valence-corrected chi connectivity index (χ4v) is 2.70. The van der Waals surface area contributed by atoms with Crippen molar-refractivity contribution in [3.8, 4) is 0 Å². The highest BCUT2D eigenvalue weighted by atomic mass is 127. The van der Waals surface area contributed by atoms with Crippen LogP contribution < -0.4 is 10.6 Å². The first-order valence-electron chi connectivity index (χ1n) is 8.17. The topological polar surface area (TPSA) is 76.9 Å². The lowest BCUT2D eigenvalue weighted by Crippen LogP contribution is -2.10. The van der Waals surface area contributed by atoms with E-state index in [9.17, 15) is 0 Å². The van der Waals surface area contributed by atoms with Crippen molar-refractivity contribution in [3.05, 3.63) is 36.5 Å². The number of para-hydroxylation sites is 1. The Labute approximate surface area is 160 Å². The van der Waals surface area contributed by atoms with Crippen molar-refractivity contribution in [2.75, 3.05) is 34.8 Å². The lowest BCUT2D eigenvalue weighted by atomic mass is 10.3. The van der Waals surface area contributed by atoms with Gasteiger partial charge in [-0.2, -0.15) is 15.1 Å². The molecule has 7 nitrogen and oxygen atoms in total.